The minimum absolute atomic E-state index is 0.0958. The summed E-state index contributed by atoms with van der Waals surface area (Å²) in [4.78, 5) is 17.4. The molecule has 6 nitrogen and oxygen atoms in total. The molecule has 1 saturated heterocycles. The largest absolute Gasteiger partial charge is 0.496 e. The van der Waals surface area contributed by atoms with Crippen molar-refractivity contribution in [2.45, 2.75) is 20.4 Å². The first-order valence-corrected chi connectivity index (χ1v) is 10.1. The summed E-state index contributed by atoms with van der Waals surface area (Å²) in [7, 11) is 1.66. The molecule has 1 fully saturated rings. The third kappa shape index (κ3) is 5.71. The van der Waals surface area contributed by atoms with Crippen molar-refractivity contribution in [2.75, 3.05) is 51.8 Å². The molecule has 1 aliphatic rings. The molecule has 0 unspecified atom stereocenters. The minimum Gasteiger partial charge on any atom is -0.496 e. The van der Waals surface area contributed by atoms with E-state index in [2.05, 4.69) is 10.2 Å². The summed E-state index contributed by atoms with van der Waals surface area (Å²) in [5.41, 5.74) is 4.00. The van der Waals surface area contributed by atoms with Crippen LogP contribution < -0.4 is 10.1 Å². The van der Waals surface area contributed by atoms with Gasteiger partial charge in [-0.2, -0.15) is 0 Å². The number of ether oxygens (including phenoxy) is 2. The molecule has 29 heavy (non-hydrogen) atoms. The first-order valence-electron chi connectivity index (χ1n) is 10.1. The Balaban J connectivity index is 1.76. The van der Waals surface area contributed by atoms with Crippen LogP contribution in [0.2, 0.25) is 0 Å². The number of benzene rings is 2. The van der Waals surface area contributed by atoms with Gasteiger partial charge in [0.05, 0.1) is 26.9 Å². The smallest absolute Gasteiger partial charge is 0.322 e. The predicted octanol–water partition coefficient (Wildman–Crippen LogP) is 3.68. The minimum atomic E-state index is -0.0958. The van der Waals surface area contributed by atoms with Crippen LogP contribution in [0.3, 0.4) is 0 Å². The lowest BCUT2D eigenvalue weighted by atomic mass is 10.1. The summed E-state index contributed by atoms with van der Waals surface area (Å²) >= 11 is 0. The number of hydrogen-bond acceptors (Lipinski definition) is 4. The summed E-state index contributed by atoms with van der Waals surface area (Å²) in [6, 6.07) is 13.8. The lowest BCUT2D eigenvalue weighted by molar-refractivity contribution is 0.0349. The Hall–Kier alpha value is -2.57. The van der Waals surface area contributed by atoms with Crippen molar-refractivity contribution in [1.29, 1.82) is 0 Å². The first kappa shape index (κ1) is 21.1. The van der Waals surface area contributed by atoms with Gasteiger partial charge in [0.25, 0.3) is 0 Å². The van der Waals surface area contributed by atoms with Crippen molar-refractivity contribution in [1.82, 2.24) is 9.80 Å². The number of morpholine rings is 1. The molecular weight excluding hydrogens is 366 g/mol. The highest BCUT2D eigenvalue weighted by Crippen LogP contribution is 2.22. The number of anilines is 1. The van der Waals surface area contributed by atoms with E-state index in [0.717, 1.165) is 61.0 Å². The molecule has 0 aliphatic carbocycles. The highest BCUT2D eigenvalue weighted by atomic mass is 16.5. The van der Waals surface area contributed by atoms with Gasteiger partial charge in [0, 0.05) is 37.4 Å². The number of nitrogens with one attached hydrogen (secondary N) is 1. The Kier molecular flexibility index (Phi) is 7.49. The van der Waals surface area contributed by atoms with E-state index in [0.29, 0.717) is 13.1 Å². The fourth-order valence-corrected chi connectivity index (χ4v) is 3.58. The average Bonchev–Trinajstić information content (AvgIpc) is 2.74. The van der Waals surface area contributed by atoms with Gasteiger partial charge in [0.2, 0.25) is 0 Å². The maximum Gasteiger partial charge on any atom is 0.322 e. The molecule has 2 aromatic carbocycles. The molecule has 0 bridgehead atoms. The van der Waals surface area contributed by atoms with E-state index in [1.54, 1.807) is 7.11 Å². The highest BCUT2D eigenvalue weighted by Gasteiger charge is 2.19. The second-order valence-corrected chi connectivity index (χ2v) is 7.38. The fourth-order valence-electron chi connectivity index (χ4n) is 3.58. The van der Waals surface area contributed by atoms with E-state index in [4.69, 9.17) is 9.47 Å². The van der Waals surface area contributed by atoms with Gasteiger partial charge >= 0.3 is 6.03 Å². The molecule has 0 aromatic heterocycles. The molecule has 1 aliphatic heterocycles. The molecule has 3 rings (SSSR count). The van der Waals surface area contributed by atoms with Gasteiger partial charge < -0.3 is 19.7 Å². The average molecular weight is 398 g/mol. The topological polar surface area (TPSA) is 54.0 Å². The van der Waals surface area contributed by atoms with E-state index in [9.17, 15) is 4.79 Å². The standard InChI is InChI=1S/C23H31N3O3/c1-18-7-6-8-19(2)22(18)24-23(27)26(12-11-25-13-15-29-16-14-25)17-20-9-4-5-10-21(20)28-3/h4-10H,11-17H2,1-3H3,(H,24,27). The van der Waals surface area contributed by atoms with Gasteiger partial charge in [-0.1, -0.05) is 36.4 Å². The number of carbonyl (C=O) groups excluding carboxylic acids is 1. The Morgan fingerprint density at radius 2 is 1.79 bits per heavy atom. The van der Waals surface area contributed by atoms with E-state index in [1.807, 2.05) is 61.2 Å². The maximum absolute atomic E-state index is 13.2. The lowest BCUT2D eigenvalue weighted by Gasteiger charge is -2.30. The number of aryl methyl sites for hydroxylation is 2. The van der Waals surface area contributed by atoms with Crippen LogP contribution in [0, 0.1) is 13.8 Å². The van der Waals surface area contributed by atoms with Crippen molar-refractivity contribution < 1.29 is 14.3 Å². The van der Waals surface area contributed by atoms with Gasteiger partial charge in [0.1, 0.15) is 5.75 Å². The SMILES string of the molecule is COc1ccccc1CN(CCN1CCOCC1)C(=O)Nc1c(C)cccc1C. The van der Waals surface area contributed by atoms with E-state index < -0.39 is 0 Å². The third-order valence-corrected chi connectivity index (χ3v) is 5.34. The Morgan fingerprint density at radius 3 is 2.48 bits per heavy atom. The summed E-state index contributed by atoms with van der Waals surface area (Å²) in [6.45, 7) is 9.28. The van der Waals surface area contributed by atoms with Crippen LogP contribution >= 0.6 is 0 Å². The molecule has 0 atom stereocenters. The molecule has 0 saturated carbocycles. The molecule has 0 radical (unpaired) electrons. The zero-order valence-corrected chi connectivity index (χ0v) is 17.6. The summed E-state index contributed by atoms with van der Waals surface area (Å²) < 4.78 is 10.9. The van der Waals surface area contributed by atoms with Crippen molar-refractivity contribution in [3.63, 3.8) is 0 Å². The Labute approximate surface area is 173 Å². The second kappa shape index (κ2) is 10.3. The number of para-hydroxylation sites is 2. The molecule has 1 heterocycles. The summed E-state index contributed by atoms with van der Waals surface area (Å²) in [5, 5.41) is 3.13. The molecule has 156 valence electrons. The molecule has 6 heteroatoms. The molecule has 2 amide bonds. The van der Waals surface area contributed by atoms with Crippen LogP contribution in [0.5, 0.6) is 5.75 Å². The Morgan fingerprint density at radius 1 is 1.10 bits per heavy atom. The van der Waals surface area contributed by atoms with E-state index in [1.165, 1.54) is 0 Å². The van der Waals surface area contributed by atoms with Crippen molar-refractivity contribution in [3.8, 4) is 5.75 Å². The van der Waals surface area contributed by atoms with Crippen LogP contribution in [0.1, 0.15) is 16.7 Å². The Bertz CT molecular complexity index is 799. The number of rotatable bonds is 7. The number of urea groups is 1. The molecule has 2 aromatic rings. The normalized spacial score (nSPS) is 14.4. The summed E-state index contributed by atoms with van der Waals surface area (Å²) in [5.74, 6) is 0.795. The van der Waals surface area contributed by atoms with E-state index >= 15 is 0 Å². The maximum atomic E-state index is 13.2. The lowest BCUT2D eigenvalue weighted by Crippen LogP contribution is -2.44. The van der Waals surface area contributed by atoms with Crippen LogP contribution in [0.4, 0.5) is 10.5 Å². The van der Waals surface area contributed by atoms with Crippen LogP contribution in [0.25, 0.3) is 0 Å². The predicted molar refractivity (Wildman–Crippen MR) is 116 cm³/mol. The number of carbonyl (C=O) groups is 1. The number of amides is 2. The van der Waals surface area contributed by atoms with E-state index in [-0.39, 0.29) is 6.03 Å². The zero-order valence-electron chi connectivity index (χ0n) is 17.6. The van der Waals surface area contributed by atoms with Crippen LogP contribution in [-0.2, 0) is 11.3 Å². The van der Waals surface area contributed by atoms with Crippen molar-refractivity contribution in [2.24, 2.45) is 0 Å². The fraction of sp³-hybridized carbons (Fsp3) is 0.435. The van der Waals surface area contributed by atoms with Gasteiger partial charge in [-0.05, 0) is 31.0 Å². The highest BCUT2D eigenvalue weighted by molar-refractivity contribution is 5.91. The number of nitrogens with zero attached hydrogens (tertiary/aromatic N) is 2. The van der Waals surface area contributed by atoms with Crippen molar-refractivity contribution in [3.05, 3.63) is 59.2 Å². The molecule has 1 N–H and O–H groups in total. The van der Waals surface area contributed by atoms with Gasteiger partial charge in [0.15, 0.2) is 0 Å². The van der Waals surface area contributed by atoms with Gasteiger partial charge in [-0.3, -0.25) is 4.90 Å². The monoisotopic (exact) mass is 397 g/mol. The molecular formula is C23H31N3O3. The first-order chi connectivity index (χ1) is 14.1. The second-order valence-electron chi connectivity index (χ2n) is 7.38. The zero-order chi connectivity index (χ0) is 20.6. The molecule has 0 spiro atoms. The summed E-state index contributed by atoms with van der Waals surface area (Å²) in [6.07, 6.45) is 0. The third-order valence-electron chi connectivity index (χ3n) is 5.34. The quantitative estimate of drug-likeness (QED) is 0.774. The van der Waals surface area contributed by atoms with Crippen molar-refractivity contribution >= 4 is 11.7 Å². The number of methoxy groups -OCH3 is 1. The van der Waals surface area contributed by atoms with Crippen LogP contribution in [0.15, 0.2) is 42.5 Å². The number of hydrogen-bond donors (Lipinski definition) is 1. The van der Waals surface area contributed by atoms with Gasteiger partial charge in [-0.15, -0.1) is 0 Å². The van der Waals surface area contributed by atoms with Crippen LogP contribution in [-0.4, -0.2) is 62.3 Å². The van der Waals surface area contributed by atoms with Gasteiger partial charge in [-0.25, -0.2) is 4.79 Å².